The largest absolute Gasteiger partial charge is 0.382 e. The Balaban J connectivity index is 2.39. The summed E-state index contributed by atoms with van der Waals surface area (Å²) >= 11 is 0. The van der Waals surface area contributed by atoms with E-state index in [1.54, 1.807) is 7.11 Å². The third-order valence-corrected chi connectivity index (χ3v) is 3.03. The highest BCUT2D eigenvalue weighted by Gasteiger charge is 2.16. The predicted octanol–water partition coefficient (Wildman–Crippen LogP) is 2.12. The zero-order valence-corrected chi connectivity index (χ0v) is 11.6. The second-order valence-corrected chi connectivity index (χ2v) is 4.86. The first-order valence-corrected chi connectivity index (χ1v) is 6.26. The van der Waals surface area contributed by atoms with Crippen molar-refractivity contribution in [2.75, 3.05) is 18.7 Å². The van der Waals surface area contributed by atoms with Gasteiger partial charge in [0.15, 0.2) is 5.82 Å². The number of aromatic nitrogens is 2. The van der Waals surface area contributed by atoms with Crippen LogP contribution in [0.2, 0.25) is 0 Å². The average Bonchev–Trinajstić information content (AvgIpc) is 2.68. The summed E-state index contributed by atoms with van der Waals surface area (Å²) in [4.78, 5) is 4.54. The van der Waals surface area contributed by atoms with Crippen LogP contribution in [-0.2, 0) is 11.3 Å². The Kier molecular flexibility index (Phi) is 3.76. The van der Waals surface area contributed by atoms with Crippen LogP contribution >= 0.6 is 0 Å². The van der Waals surface area contributed by atoms with Gasteiger partial charge in [0.1, 0.15) is 11.5 Å². The Morgan fingerprint density at radius 3 is 2.37 bits per heavy atom. The molecule has 0 bridgehead atoms. The van der Waals surface area contributed by atoms with E-state index in [2.05, 4.69) is 4.98 Å². The molecule has 0 amide bonds. The SMILES string of the molecule is COCc1ccc(-c2nc(C(C)C)n(N)c2N)cc1. The molecule has 102 valence electrons. The van der Waals surface area contributed by atoms with E-state index in [0.29, 0.717) is 12.4 Å². The van der Waals surface area contributed by atoms with Crippen molar-refractivity contribution >= 4 is 5.82 Å². The van der Waals surface area contributed by atoms with E-state index in [9.17, 15) is 0 Å². The van der Waals surface area contributed by atoms with Gasteiger partial charge < -0.3 is 16.3 Å². The van der Waals surface area contributed by atoms with Gasteiger partial charge >= 0.3 is 0 Å². The van der Waals surface area contributed by atoms with Crippen LogP contribution in [0.15, 0.2) is 24.3 Å². The third-order valence-electron chi connectivity index (χ3n) is 3.03. The molecular weight excluding hydrogens is 240 g/mol. The minimum Gasteiger partial charge on any atom is -0.382 e. The van der Waals surface area contributed by atoms with Crippen LogP contribution in [-0.4, -0.2) is 16.8 Å². The maximum Gasteiger partial charge on any atom is 0.150 e. The highest BCUT2D eigenvalue weighted by molar-refractivity contribution is 5.71. The summed E-state index contributed by atoms with van der Waals surface area (Å²) in [5.41, 5.74) is 8.83. The Labute approximate surface area is 113 Å². The number of hydrogen-bond acceptors (Lipinski definition) is 4. The monoisotopic (exact) mass is 260 g/mol. The smallest absolute Gasteiger partial charge is 0.150 e. The maximum atomic E-state index is 6.02. The summed E-state index contributed by atoms with van der Waals surface area (Å²) in [6.45, 7) is 4.67. The van der Waals surface area contributed by atoms with Gasteiger partial charge in [0.05, 0.1) is 6.61 Å². The first-order chi connectivity index (χ1) is 9.04. The van der Waals surface area contributed by atoms with Crippen LogP contribution in [0.4, 0.5) is 5.82 Å². The van der Waals surface area contributed by atoms with Gasteiger partial charge in [-0.3, -0.25) is 0 Å². The molecule has 19 heavy (non-hydrogen) atoms. The fraction of sp³-hybridized carbons (Fsp3) is 0.357. The number of nitrogens with zero attached hydrogens (tertiary/aromatic N) is 2. The lowest BCUT2D eigenvalue weighted by molar-refractivity contribution is 0.185. The molecule has 1 aromatic carbocycles. The van der Waals surface area contributed by atoms with Crippen LogP contribution in [0.1, 0.15) is 31.2 Å². The summed E-state index contributed by atoms with van der Waals surface area (Å²) in [6, 6.07) is 7.97. The second-order valence-electron chi connectivity index (χ2n) is 4.86. The van der Waals surface area contributed by atoms with Crippen molar-refractivity contribution in [2.24, 2.45) is 0 Å². The van der Waals surface area contributed by atoms with Crippen molar-refractivity contribution < 1.29 is 4.74 Å². The molecule has 2 rings (SSSR count). The molecule has 0 aliphatic rings. The molecule has 0 saturated carbocycles. The molecular formula is C14H20N4O. The molecule has 0 unspecified atom stereocenters. The van der Waals surface area contributed by atoms with Crippen molar-refractivity contribution in [1.82, 2.24) is 9.66 Å². The van der Waals surface area contributed by atoms with Gasteiger partial charge in [-0.15, -0.1) is 0 Å². The van der Waals surface area contributed by atoms with Crippen molar-refractivity contribution in [3.8, 4) is 11.3 Å². The lowest BCUT2D eigenvalue weighted by Crippen LogP contribution is -2.16. The number of nitrogens with two attached hydrogens (primary N) is 2. The summed E-state index contributed by atoms with van der Waals surface area (Å²) in [5.74, 6) is 7.43. The van der Waals surface area contributed by atoms with Crippen LogP contribution < -0.4 is 11.6 Å². The fourth-order valence-corrected chi connectivity index (χ4v) is 2.01. The summed E-state index contributed by atoms with van der Waals surface area (Å²) in [7, 11) is 1.68. The summed E-state index contributed by atoms with van der Waals surface area (Å²) < 4.78 is 6.55. The number of nitrogen functional groups attached to an aromatic ring is 2. The number of rotatable bonds is 4. The Morgan fingerprint density at radius 1 is 1.26 bits per heavy atom. The molecule has 0 aliphatic heterocycles. The van der Waals surface area contributed by atoms with Crippen molar-refractivity contribution in [3.05, 3.63) is 35.7 Å². The highest BCUT2D eigenvalue weighted by Crippen LogP contribution is 2.27. The molecule has 0 atom stereocenters. The summed E-state index contributed by atoms with van der Waals surface area (Å²) in [5, 5.41) is 0. The van der Waals surface area contributed by atoms with Gasteiger partial charge in [-0.25, -0.2) is 9.66 Å². The minimum atomic E-state index is 0.230. The summed E-state index contributed by atoms with van der Waals surface area (Å²) in [6.07, 6.45) is 0. The van der Waals surface area contributed by atoms with E-state index in [-0.39, 0.29) is 5.92 Å². The van der Waals surface area contributed by atoms with Crippen LogP contribution in [0.5, 0.6) is 0 Å². The van der Waals surface area contributed by atoms with Gasteiger partial charge in [0.25, 0.3) is 0 Å². The molecule has 5 heteroatoms. The highest BCUT2D eigenvalue weighted by atomic mass is 16.5. The van der Waals surface area contributed by atoms with Crippen molar-refractivity contribution in [2.45, 2.75) is 26.4 Å². The number of anilines is 1. The zero-order chi connectivity index (χ0) is 14.0. The minimum absolute atomic E-state index is 0.230. The van der Waals surface area contributed by atoms with Gasteiger partial charge in [0, 0.05) is 18.6 Å². The molecule has 0 fully saturated rings. The topological polar surface area (TPSA) is 79.1 Å². The molecule has 5 nitrogen and oxygen atoms in total. The molecule has 1 aromatic heterocycles. The van der Waals surface area contributed by atoms with Crippen molar-refractivity contribution in [1.29, 1.82) is 0 Å². The number of methoxy groups -OCH3 is 1. The van der Waals surface area contributed by atoms with Crippen LogP contribution in [0, 0.1) is 0 Å². The molecule has 2 aromatic rings. The van der Waals surface area contributed by atoms with Crippen LogP contribution in [0.25, 0.3) is 11.3 Å². The van der Waals surface area contributed by atoms with Gasteiger partial charge in [-0.2, -0.15) is 0 Å². The maximum absolute atomic E-state index is 6.02. The first-order valence-electron chi connectivity index (χ1n) is 6.26. The quantitative estimate of drug-likeness (QED) is 0.825. The number of ether oxygens (including phenoxy) is 1. The fourth-order valence-electron chi connectivity index (χ4n) is 2.01. The Hall–Kier alpha value is -2.01. The molecule has 1 heterocycles. The lowest BCUT2D eigenvalue weighted by atomic mass is 10.1. The van der Waals surface area contributed by atoms with E-state index in [0.717, 1.165) is 22.6 Å². The van der Waals surface area contributed by atoms with Crippen LogP contribution in [0.3, 0.4) is 0 Å². The molecule has 0 aliphatic carbocycles. The van der Waals surface area contributed by atoms with E-state index in [1.807, 2.05) is 38.1 Å². The van der Waals surface area contributed by atoms with E-state index in [1.165, 1.54) is 4.68 Å². The number of benzene rings is 1. The molecule has 0 spiro atoms. The number of imidazole rings is 1. The Morgan fingerprint density at radius 2 is 1.89 bits per heavy atom. The average molecular weight is 260 g/mol. The second kappa shape index (κ2) is 5.32. The van der Waals surface area contributed by atoms with Gasteiger partial charge in [-0.1, -0.05) is 38.1 Å². The third kappa shape index (κ3) is 2.56. The normalized spacial score (nSPS) is 11.2. The molecule has 0 saturated heterocycles. The lowest BCUT2D eigenvalue weighted by Gasteiger charge is -2.04. The van der Waals surface area contributed by atoms with E-state index >= 15 is 0 Å². The standard InChI is InChI=1S/C14H20N4O/c1-9(2)14-17-12(13(15)18(14)16)11-6-4-10(5-7-11)8-19-3/h4-7,9H,8,15-16H2,1-3H3. The zero-order valence-electron chi connectivity index (χ0n) is 11.6. The molecule has 0 radical (unpaired) electrons. The first kappa shape index (κ1) is 13.4. The van der Waals surface area contributed by atoms with E-state index < -0.39 is 0 Å². The van der Waals surface area contributed by atoms with E-state index in [4.69, 9.17) is 16.3 Å². The Bertz CT molecular complexity index is 558. The predicted molar refractivity (Wildman–Crippen MR) is 77.0 cm³/mol. The van der Waals surface area contributed by atoms with Gasteiger partial charge in [0.2, 0.25) is 0 Å². The van der Waals surface area contributed by atoms with Gasteiger partial charge in [-0.05, 0) is 5.56 Å². The van der Waals surface area contributed by atoms with Crippen molar-refractivity contribution in [3.63, 3.8) is 0 Å². The number of hydrogen-bond donors (Lipinski definition) is 2. The molecule has 4 N–H and O–H groups in total.